The van der Waals surface area contributed by atoms with Crippen LogP contribution in [-0.2, 0) is 4.74 Å². The molecule has 0 fully saturated rings. The Morgan fingerprint density at radius 3 is 2.41 bits per heavy atom. The summed E-state index contributed by atoms with van der Waals surface area (Å²) in [5.74, 6) is -0.330. The second-order valence-corrected chi connectivity index (χ2v) is 7.65. The maximum Gasteiger partial charge on any atom is 0.411 e. The smallest absolute Gasteiger partial charge is 0.411 e. The molecule has 2 aromatic carbocycles. The number of amides is 2. The third kappa shape index (κ3) is 6.44. The zero-order chi connectivity index (χ0) is 23.1. The highest BCUT2D eigenvalue weighted by Gasteiger charge is 2.11. The monoisotopic (exact) mass is 453 g/mol. The van der Waals surface area contributed by atoms with Gasteiger partial charge in [0.15, 0.2) is 0 Å². The Morgan fingerprint density at radius 2 is 1.75 bits per heavy atom. The van der Waals surface area contributed by atoms with E-state index in [1.807, 2.05) is 31.1 Å². The second kappa shape index (κ2) is 10.6. The van der Waals surface area contributed by atoms with Crippen LogP contribution in [0.25, 0.3) is 11.1 Å². The molecule has 0 bridgehead atoms. The predicted molar refractivity (Wildman–Crippen MR) is 127 cm³/mol. The fourth-order valence-corrected chi connectivity index (χ4v) is 2.88. The SMILES string of the molecule is CN(C)CCOC(=O)Nc1ccc(C(=O)Nc2cc(-c3ccc(Cl)nc3)ccc2N)cc1. The van der Waals surface area contributed by atoms with Crippen molar-refractivity contribution in [1.29, 1.82) is 0 Å². The molecule has 1 heterocycles. The second-order valence-electron chi connectivity index (χ2n) is 7.27. The Bertz CT molecular complexity index is 1090. The van der Waals surface area contributed by atoms with Crippen molar-refractivity contribution in [2.45, 2.75) is 0 Å². The number of carbonyl (C=O) groups is 2. The summed E-state index contributed by atoms with van der Waals surface area (Å²) < 4.78 is 5.08. The number of ether oxygens (including phenoxy) is 1. The van der Waals surface area contributed by atoms with E-state index in [-0.39, 0.29) is 12.5 Å². The van der Waals surface area contributed by atoms with Gasteiger partial charge in [0.05, 0.1) is 11.4 Å². The van der Waals surface area contributed by atoms with Crippen LogP contribution in [0.5, 0.6) is 0 Å². The Kier molecular flexibility index (Phi) is 7.64. The number of pyridine rings is 1. The third-order valence-corrected chi connectivity index (χ3v) is 4.75. The number of likely N-dealkylation sites (N-methyl/N-ethyl adjacent to an activating group) is 1. The summed E-state index contributed by atoms with van der Waals surface area (Å²) in [5, 5.41) is 5.84. The summed E-state index contributed by atoms with van der Waals surface area (Å²) in [7, 11) is 3.79. The fourth-order valence-electron chi connectivity index (χ4n) is 2.76. The lowest BCUT2D eigenvalue weighted by Gasteiger charge is -2.12. The summed E-state index contributed by atoms with van der Waals surface area (Å²) in [4.78, 5) is 30.5. The number of nitrogens with one attached hydrogen (secondary N) is 2. The number of nitrogens with two attached hydrogens (primary N) is 1. The van der Waals surface area contributed by atoms with Crippen LogP contribution < -0.4 is 16.4 Å². The maximum atomic E-state index is 12.7. The first-order chi connectivity index (χ1) is 15.3. The molecule has 3 rings (SSSR count). The quantitative estimate of drug-likeness (QED) is 0.362. The van der Waals surface area contributed by atoms with E-state index < -0.39 is 6.09 Å². The van der Waals surface area contributed by atoms with Gasteiger partial charge in [-0.3, -0.25) is 10.1 Å². The maximum absolute atomic E-state index is 12.7. The molecule has 1 aromatic heterocycles. The average molecular weight is 454 g/mol. The Balaban J connectivity index is 1.64. The van der Waals surface area contributed by atoms with Gasteiger partial charge >= 0.3 is 6.09 Å². The minimum atomic E-state index is -0.551. The van der Waals surface area contributed by atoms with Gasteiger partial charge < -0.3 is 20.7 Å². The zero-order valence-corrected chi connectivity index (χ0v) is 18.5. The van der Waals surface area contributed by atoms with Gasteiger partial charge in [0.1, 0.15) is 11.8 Å². The number of carbonyl (C=O) groups excluding carboxylic acids is 2. The van der Waals surface area contributed by atoms with Crippen molar-refractivity contribution in [3.8, 4) is 11.1 Å². The summed E-state index contributed by atoms with van der Waals surface area (Å²) in [6.45, 7) is 0.914. The normalized spacial score (nSPS) is 10.6. The molecule has 0 unspecified atom stereocenters. The van der Waals surface area contributed by atoms with E-state index in [0.717, 1.165) is 11.1 Å². The topological polar surface area (TPSA) is 110 Å². The number of hydrogen-bond donors (Lipinski definition) is 3. The van der Waals surface area contributed by atoms with Gasteiger partial charge in [0.25, 0.3) is 5.91 Å². The summed E-state index contributed by atoms with van der Waals surface area (Å²) in [6.07, 6.45) is 1.10. The minimum Gasteiger partial charge on any atom is -0.448 e. The molecule has 0 radical (unpaired) electrons. The fraction of sp³-hybridized carbons (Fsp3) is 0.174. The van der Waals surface area contributed by atoms with E-state index in [1.54, 1.807) is 48.7 Å². The molecule has 0 spiro atoms. The van der Waals surface area contributed by atoms with E-state index in [9.17, 15) is 9.59 Å². The van der Waals surface area contributed by atoms with Crippen LogP contribution in [0.15, 0.2) is 60.8 Å². The molecule has 0 saturated carbocycles. The van der Waals surface area contributed by atoms with Gasteiger partial charge in [-0.15, -0.1) is 0 Å². The molecular weight excluding hydrogens is 430 g/mol. The highest BCUT2D eigenvalue weighted by atomic mass is 35.5. The highest BCUT2D eigenvalue weighted by Crippen LogP contribution is 2.28. The summed E-state index contributed by atoms with van der Waals surface area (Å²) in [6, 6.07) is 15.3. The van der Waals surface area contributed by atoms with E-state index in [2.05, 4.69) is 15.6 Å². The van der Waals surface area contributed by atoms with Crippen LogP contribution in [0.4, 0.5) is 21.9 Å². The Morgan fingerprint density at radius 1 is 1.03 bits per heavy atom. The van der Waals surface area contributed by atoms with Crippen LogP contribution in [0.3, 0.4) is 0 Å². The highest BCUT2D eigenvalue weighted by molar-refractivity contribution is 6.29. The van der Waals surface area contributed by atoms with Gasteiger partial charge in [-0.2, -0.15) is 0 Å². The van der Waals surface area contributed by atoms with Crippen molar-refractivity contribution in [2.24, 2.45) is 0 Å². The number of aromatic nitrogens is 1. The number of nitrogens with zero attached hydrogens (tertiary/aromatic N) is 2. The standard InChI is InChI=1S/C23H24ClN5O3/c1-29(2)11-12-32-23(31)27-18-7-3-15(4-8-18)22(30)28-20-13-16(5-9-19(20)25)17-6-10-21(24)26-14-17/h3-10,13-14H,11-12,25H2,1-2H3,(H,27,31)(H,28,30). The van der Waals surface area contributed by atoms with Crippen LogP contribution in [0.2, 0.25) is 5.15 Å². The van der Waals surface area contributed by atoms with Gasteiger partial charge in [-0.1, -0.05) is 17.7 Å². The number of benzene rings is 2. The molecule has 4 N–H and O–H groups in total. The van der Waals surface area contributed by atoms with Crippen LogP contribution in [-0.4, -0.2) is 49.1 Å². The van der Waals surface area contributed by atoms with Crippen molar-refractivity contribution >= 4 is 40.7 Å². The molecule has 9 heteroatoms. The van der Waals surface area contributed by atoms with Crippen molar-refractivity contribution in [3.63, 3.8) is 0 Å². The molecule has 8 nitrogen and oxygen atoms in total. The van der Waals surface area contributed by atoms with Gasteiger partial charge in [0.2, 0.25) is 0 Å². The van der Waals surface area contributed by atoms with Crippen LogP contribution in [0.1, 0.15) is 10.4 Å². The van der Waals surface area contributed by atoms with E-state index in [4.69, 9.17) is 22.1 Å². The van der Waals surface area contributed by atoms with Crippen molar-refractivity contribution in [1.82, 2.24) is 9.88 Å². The molecule has 0 aliphatic carbocycles. The first kappa shape index (κ1) is 23.1. The molecule has 0 aliphatic rings. The van der Waals surface area contributed by atoms with E-state index >= 15 is 0 Å². The summed E-state index contributed by atoms with van der Waals surface area (Å²) in [5.41, 5.74) is 9.57. The lowest BCUT2D eigenvalue weighted by atomic mass is 10.1. The first-order valence-electron chi connectivity index (χ1n) is 9.83. The third-order valence-electron chi connectivity index (χ3n) is 4.53. The molecule has 32 heavy (non-hydrogen) atoms. The number of rotatable bonds is 7. The van der Waals surface area contributed by atoms with Gasteiger partial charge in [-0.25, -0.2) is 9.78 Å². The predicted octanol–water partition coefficient (Wildman–Crippen LogP) is 4.35. The average Bonchev–Trinajstić information content (AvgIpc) is 2.76. The van der Waals surface area contributed by atoms with E-state index in [0.29, 0.717) is 34.3 Å². The summed E-state index contributed by atoms with van der Waals surface area (Å²) >= 11 is 5.84. The largest absolute Gasteiger partial charge is 0.448 e. The molecule has 3 aromatic rings. The van der Waals surface area contributed by atoms with Crippen LogP contribution >= 0.6 is 11.6 Å². The molecule has 2 amide bonds. The van der Waals surface area contributed by atoms with Crippen molar-refractivity contribution in [2.75, 3.05) is 43.6 Å². The van der Waals surface area contributed by atoms with Crippen LogP contribution in [0, 0.1) is 0 Å². The molecule has 0 atom stereocenters. The first-order valence-corrected chi connectivity index (χ1v) is 10.2. The van der Waals surface area contributed by atoms with E-state index in [1.165, 1.54) is 0 Å². The number of halogens is 1. The Labute approximate surface area is 191 Å². The number of anilines is 3. The number of hydrogen-bond acceptors (Lipinski definition) is 6. The van der Waals surface area contributed by atoms with Crippen molar-refractivity contribution < 1.29 is 14.3 Å². The lowest BCUT2D eigenvalue weighted by Crippen LogP contribution is -2.22. The molecule has 166 valence electrons. The Hall–Kier alpha value is -3.62. The zero-order valence-electron chi connectivity index (χ0n) is 17.8. The van der Waals surface area contributed by atoms with Gasteiger partial charge in [0, 0.05) is 29.6 Å². The minimum absolute atomic E-state index is 0.284. The van der Waals surface area contributed by atoms with Gasteiger partial charge in [-0.05, 0) is 68.2 Å². The molecular formula is C23H24ClN5O3. The lowest BCUT2D eigenvalue weighted by molar-refractivity contribution is 0.102. The molecule has 0 saturated heterocycles. The molecule has 0 aliphatic heterocycles. The number of nitrogen functional groups attached to an aromatic ring is 1. The van der Waals surface area contributed by atoms with Crippen molar-refractivity contribution in [3.05, 3.63) is 71.5 Å².